The first-order valence-electron chi connectivity index (χ1n) is 7.49. The number of nitrogens with zero attached hydrogens (tertiary/aromatic N) is 1. The molecule has 1 aromatic heterocycles. The highest BCUT2D eigenvalue weighted by Gasteiger charge is 2.17. The number of aromatic nitrogens is 1. The van der Waals surface area contributed by atoms with Crippen LogP contribution in [-0.2, 0) is 0 Å². The third-order valence-corrected chi connectivity index (χ3v) is 3.56. The summed E-state index contributed by atoms with van der Waals surface area (Å²) in [5, 5.41) is 6.43. The van der Waals surface area contributed by atoms with Crippen LogP contribution in [0.15, 0.2) is 59.1 Å². The fraction of sp³-hybridized carbons (Fsp3) is 0.105. The van der Waals surface area contributed by atoms with Gasteiger partial charge in [-0.2, -0.15) is 0 Å². The lowest BCUT2D eigenvalue weighted by molar-refractivity contribution is 0.101. The monoisotopic (exact) mass is 320 g/mol. The Bertz CT molecular complexity index is 898. The maximum Gasteiger partial charge on any atom is 0.277 e. The summed E-state index contributed by atoms with van der Waals surface area (Å²) < 4.78 is 4.91. The molecule has 120 valence electrons. The van der Waals surface area contributed by atoms with E-state index in [1.54, 1.807) is 49.4 Å². The molecule has 0 fully saturated rings. The van der Waals surface area contributed by atoms with E-state index >= 15 is 0 Å². The first kappa shape index (κ1) is 15.7. The van der Waals surface area contributed by atoms with Gasteiger partial charge >= 0.3 is 0 Å². The first-order valence-corrected chi connectivity index (χ1v) is 7.49. The van der Waals surface area contributed by atoms with Crippen molar-refractivity contribution < 1.29 is 14.1 Å². The van der Waals surface area contributed by atoms with Crippen molar-refractivity contribution in [1.29, 1.82) is 0 Å². The van der Waals surface area contributed by atoms with E-state index in [1.807, 2.05) is 19.1 Å². The molecule has 0 spiro atoms. The number of rotatable bonds is 4. The normalized spacial score (nSPS) is 10.4. The Kier molecular flexibility index (Phi) is 4.24. The molecule has 0 saturated carbocycles. The van der Waals surface area contributed by atoms with Gasteiger partial charge in [0.1, 0.15) is 5.76 Å². The summed E-state index contributed by atoms with van der Waals surface area (Å²) in [6.07, 6.45) is 0. The van der Waals surface area contributed by atoms with Crippen molar-refractivity contribution in [3.8, 4) is 0 Å². The SMILES string of the molecule is Cc1ccc(NC(=O)c2cc(C)on2)c(C(=O)c2ccccc2)c1. The number of carbonyl (C=O) groups is 2. The van der Waals surface area contributed by atoms with E-state index in [9.17, 15) is 9.59 Å². The van der Waals surface area contributed by atoms with Gasteiger partial charge in [-0.15, -0.1) is 0 Å². The van der Waals surface area contributed by atoms with Gasteiger partial charge in [0.25, 0.3) is 5.91 Å². The van der Waals surface area contributed by atoms with Gasteiger partial charge < -0.3 is 9.84 Å². The zero-order valence-corrected chi connectivity index (χ0v) is 13.4. The lowest BCUT2D eigenvalue weighted by Crippen LogP contribution is -2.15. The molecule has 1 heterocycles. The topological polar surface area (TPSA) is 72.2 Å². The summed E-state index contributed by atoms with van der Waals surface area (Å²) in [6, 6.07) is 15.8. The number of aryl methyl sites for hydroxylation is 2. The Morgan fingerprint density at radius 2 is 1.75 bits per heavy atom. The number of carbonyl (C=O) groups excluding carboxylic acids is 2. The standard InChI is InChI=1S/C19H16N2O3/c1-12-8-9-16(20-19(23)17-11-13(2)24-21-17)15(10-12)18(22)14-6-4-3-5-7-14/h3-11H,1-2H3,(H,20,23). The van der Waals surface area contributed by atoms with E-state index in [0.717, 1.165) is 5.56 Å². The zero-order chi connectivity index (χ0) is 17.1. The predicted octanol–water partition coefficient (Wildman–Crippen LogP) is 3.77. The van der Waals surface area contributed by atoms with E-state index in [1.165, 1.54) is 0 Å². The van der Waals surface area contributed by atoms with E-state index in [4.69, 9.17) is 4.52 Å². The maximum absolute atomic E-state index is 12.8. The Morgan fingerprint density at radius 1 is 1.00 bits per heavy atom. The minimum atomic E-state index is -0.419. The van der Waals surface area contributed by atoms with Crippen LogP contribution in [0.4, 0.5) is 5.69 Å². The van der Waals surface area contributed by atoms with Crippen LogP contribution >= 0.6 is 0 Å². The van der Waals surface area contributed by atoms with E-state index in [0.29, 0.717) is 22.6 Å². The molecular formula is C19H16N2O3. The molecular weight excluding hydrogens is 304 g/mol. The Hall–Kier alpha value is -3.21. The van der Waals surface area contributed by atoms with E-state index in [2.05, 4.69) is 10.5 Å². The first-order chi connectivity index (χ1) is 11.5. The summed E-state index contributed by atoms with van der Waals surface area (Å²) in [5.41, 5.74) is 2.56. The molecule has 0 aliphatic rings. The van der Waals surface area contributed by atoms with Crippen LogP contribution in [0.2, 0.25) is 0 Å². The number of nitrogens with one attached hydrogen (secondary N) is 1. The molecule has 0 radical (unpaired) electrons. The molecule has 1 N–H and O–H groups in total. The van der Waals surface area contributed by atoms with Crippen LogP contribution in [0.1, 0.15) is 37.7 Å². The molecule has 2 aromatic carbocycles. The second-order valence-electron chi connectivity index (χ2n) is 5.52. The molecule has 3 rings (SSSR count). The van der Waals surface area contributed by atoms with Crippen molar-refractivity contribution in [2.75, 3.05) is 5.32 Å². The highest BCUT2D eigenvalue weighted by molar-refractivity contribution is 6.15. The minimum Gasteiger partial charge on any atom is -0.361 e. The van der Waals surface area contributed by atoms with Gasteiger partial charge in [0.05, 0.1) is 5.69 Å². The summed E-state index contributed by atoms with van der Waals surface area (Å²) >= 11 is 0. The molecule has 5 heteroatoms. The van der Waals surface area contributed by atoms with Crippen LogP contribution in [0.3, 0.4) is 0 Å². The smallest absolute Gasteiger partial charge is 0.277 e. The number of anilines is 1. The van der Waals surface area contributed by atoms with Crippen LogP contribution in [-0.4, -0.2) is 16.8 Å². The Morgan fingerprint density at radius 3 is 2.42 bits per heavy atom. The van der Waals surface area contributed by atoms with Gasteiger partial charge in [0.2, 0.25) is 0 Å². The molecule has 0 unspecified atom stereocenters. The van der Waals surface area contributed by atoms with Gasteiger partial charge in [-0.05, 0) is 26.0 Å². The summed E-state index contributed by atoms with van der Waals surface area (Å²) in [6.45, 7) is 3.61. The number of hydrogen-bond acceptors (Lipinski definition) is 4. The maximum atomic E-state index is 12.8. The van der Waals surface area contributed by atoms with E-state index in [-0.39, 0.29) is 11.5 Å². The van der Waals surface area contributed by atoms with Gasteiger partial charge in [0, 0.05) is 17.2 Å². The largest absolute Gasteiger partial charge is 0.361 e. The molecule has 0 saturated heterocycles. The molecule has 1 amide bonds. The molecule has 0 bridgehead atoms. The second kappa shape index (κ2) is 6.50. The number of hydrogen-bond donors (Lipinski definition) is 1. The minimum absolute atomic E-state index is 0.147. The van der Waals surface area contributed by atoms with E-state index < -0.39 is 5.91 Å². The lowest BCUT2D eigenvalue weighted by atomic mass is 9.99. The molecule has 5 nitrogen and oxygen atoms in total. The average molecular weight is 320 g/mol. The third kappa shape index (κ3) is 3.25. The van der Waals surface area contributed by atoms with Gasteiger partial charge in [-0.1, -0.05) is 47.1 Å². The van der Waals surface area contributed by atoms with Crippen molar-refractivity contribution in [2.24, 2.45) is 0 Å². The quantitative estimate of drug-likeness (QED) is 0.743. The van der Waals surface area contributed by atoms with Crippen molar-refractivity contribution >= 4 is 17.4 Å². The van der Waals surface area contributed by atoms with Crippen molar-refractivity contribution in [3.05, 3.63) is 82.7 Å². The van der Waals surface area contributed by atoms with Crippen molar-refractivity contribution in [1.82, 2.24) is 5.16 Å². The number of benzene rings is 2. The zero-order valence-electron chi connectivity index (χ0n) is 13.4. The van der Waals surface area contributed by atoms with Gasteiger partial charge in [-0.25, -0.2) is 0 Å². The Balaban J connectivity index is 1.94. The second-order valence-corrected chi connectivity index (χ2v) is 5.52. The molecule has 0 aliphatic carbocycles. The van der Waals surface area contributed by atoms with Crippen LogP contribution < -0.4 is 5.32 Å². The van der Waals surface area contributed by atoms with Gasteiger partial charge in [0.15, 0.2) is 11.5 Å². The highest BCUT2D eigenvalue weighted by Crippen LogP contribution is 2.22. The van der Waals surface area contributed by atoms with Crippen LogP contribution in [0, 0.1) is 13.8 Å². The summed E-state index contributed by atoms with van der Waals surface area (Å²) in [5.74, 6) is -0.0200. The number of ketones is 1. The average Bonchev–Trinajstić information content (AvgIpc) is 3.03. The molecule has 0 atom stereocenters. The lowest BCUT2D eigenvalue weighted by Gasteiger charge is -2.10. The van der Waals surface area contributed by atoms with Crippen molar-refractivity contribution in [3.63, 3.8) is 0 Å². The van der Waals surface area contributed by atoms with Crippen LogP contribution in [0.5, 0.6) is 0 Å². The fourth-order valence-corrected chi connectivity index (χ4v) is 2.36. The Labute approximate surface area is 139 Å². The summed E-state index contributed by atoms with van der Waals surface area (Å²) in [7, 11) is 0. The van der Waals surface area contributed by atoms with Crippen LogP contribution in [0.25, 0.3) is 0 Å². The molecule has 24 heavy (non-hydrogen) atoms. The van der Waals surface area contributed by atoms with Crippen molar-refractivity contribution in [2.45, 2.75) is 13.8 Å². The summed E-state index contributed by atoms with van der Waals surface area (Å²) in [4.78, 5) is 25.0. The third-order valence-electron chi connectivity index (χ3n) is 3.56. The molecule has 0 aliphatic heterocycles. The fourth-order valence-electron chi connectivity index (χ4n) is 2.36. The molecule has 3 aromatic rings. The number of amides is 1. The predicted molar refractivity (Wildman–Crippen MR) is 90.2 cm³/mol. The van der Waals surface area contributed by atoms with Gasteiger partial charge in [-0.3, -0.25) is 9.59 Å². The highest BCUT2D eigenvalue weighted by atomic mass is 16.5.